The maximum Gasteiger partial charge on any atom is 0.271 e. The molecule has 0 bridgehead atoms. The predicted molar refractivity (Wildman–Crippen MR) is 78.4 cm³/mol. The van der Waals surface area contributed by atoms with Gasteiger partial charge in [0.25, 0.3) is 5.91 Å². The summed E-state index contributed by atoms with van der Waals surface area (Å²) in [6, 6.07) is 11.7. The van der Waals surface area contributed by atoms with E-state index in [-0.39, 0.29) is 5.91 Å². The number of nitrogen functional groups attached to an aromatic ring is 1. The van der Waals surface area contributed by atoms with E-state index in [1.165, 1.54) is 0 Å². The van der Waals surface area contributed by atoms with Crippen LogP contribution in [0.15, 0.2) is 42.5 Å². The lowest BCUT2D eigenvalue weighted by Crippen LogP contribution is -2.30. The zero-order valence-corrected chi connectivity index (χ0v) is 11.3. The van der Waals surface area contributed by atoms with Crippen LogP contribution in [0.5, 0.6) is 0 Å². The van der Waals surface area contributed by atoms with Crippen molar-refractivity contribution < 1.29 is 4.79 Å². The van der Waals surface area contributed by atoms with E-state index in [4.69, 9.17) is 28.9 Å². The molecule has 0 spiro atoms. The van der Waals surface area contributed by atoms with Crippen LogP contribution in [-0.4, -0.2) is 5.91 Å². The molecule has 0 fully saturated rings. The standard InChI is InChI=1S/C13H11Cl2N3O/c14-8-5-6-12(10(15)7-8)17-18-13(19)9-3-1-2-4-11(9)16/h1-7,17H,16H2,(H,18,19). The average molecular weight is 296 g/mol. The quantitative estimate of drug-likeness (QED) is 0.601. The van der Waals surface area contributed by atoms with E-state index in [9.17, 15) is 4.79 Å². The van der Waals surface area contributed by atoms with Crippen LogP contribution in [0.25, 0.3) is 0 Å². The van der Waals surface area contributed by atoms with Crippen molar-refractivity contribution in [3.8, 4) is 0 Å². The second kappa shape index (κ2) is 5.82. The summed E-state index contributed by atoms with van der Waals surface area (Å²) in [6.45, 7) is 0. The second-order valence-corrected chi connectivity index (χ2v) is 4.63. The highest BCUT2D eigenvalue weighted by molar-refractivity contribution is 6.36. The second-order valence-electron chi connectivity index (χ2n) is 3.79. The first kappa shape index (κ1) is 13.5. The van der Waals surface area contributed by atoms with Crippen LogP contribution in [0.3, 0.4) is 0 Å². The first-order valence-electron chi connectivity index (χ1n) is 5.44. The molecule has 0 saturated carbocycles. The van der Waals surface area contributed by atoms with E-state index < -0.39 is 0 Å². The molecule has 0 saturated heterocycles. The topological polar surface area (TPSA) is 67.2 Å². The highest BCUT2D eigenvalue weighted by Gasteiger charge is 2.09. The molecule has 4 N–H and O–H groups in total. The summed E-state index contributed by atoms with van der Waals surface area (Å²) in [7, 11) is 0. The summed E-state index contributed by atoms with van der Waals surface area (Å²) < 4.78 is 0. The molecule has 2 rings (SSSR count). The van der Waals surface area contributed by atoms with Gasteiger partial charge in [0.15, 0.2) is 0 Å². The molecule has 19 heavy (non-hydrogen) atoms. The molecule has 98 valence electrons. The molecule has 2 aromatic carbocycles. The van der Waals surface area contributed by atoms with Crippen molar-refractivity contribution in [2.24, 2.45) is 0 Å². The Hall–Kier alpha value is -1.91. The number of nitrogens with two attached hydrogens (primary N) is 1. The number of anilines is 2. The molecule has 0 radical (unpaired) electrons. The Morgan fingerprint density at radius 2 is 1.84 bits per heavy atom. The fraction of sp³-hybridized carbons (Fsp3) is 0. The summed E-state index contributed by atoms with van der Waals surface area (Å²) in [5.74, 6) is -0.343. The fourth-order valence-corrected chi connectivity index (χ4v) is 1.94. The minimum absolute atomic E-state index is 0.343. The van der Waals surface area contributed by atoms with Crippen LogP contribution in [0, 0.1) is 0 Å². The van der Waals surface area contributed by atoms with Gasteiger partial charge in [0, 0.05) is 10.7 Å². The number of halogens is 2. The van der Waals surface area contributed by atoms with E-state index in [1.54, 1.807) is 42.5 Å². The van der Waals surface area contributed by atoms with Gasteiger partial charge in [-0.05, 0) is 30.3 Å². The Morgan fingerprint density at radius 3 is 2.53 bits per heavy atom. The number of amides is 1. The molecule has 6 heteroatoms. The molecule has 4 nitrogen and oxygen atoms in total. The number of benzene rings is 2. The molecule has 0 unspecified atom stereocenters. The smallest absolute Gasteiger partial charge is 0.271 e. The summed E-state index contributed by atoms with van der Waals surface area (Å²) in [5, 5.41) is 0.933. The van der Waals surface area contributed by atoms with Crippen LogP contribution in [0.2, 0.25) is 10.0 Å². The van der Waals surface area contributed by atoms with Crippen LogP contribution in [0.1, 0.15) is 10.4 Å². The zero-order chi connectivity index (χ0) is 13.8. The molecule has 0 atom stereocenters. The Labute approximate surface area is 120 Å². The first-order chi connectivity index (χ1) is 9.08. The summed E-state index contributed by atoms with van der Waals surface area (Å²) in [4.78, 5) is 11.9. The minimum Gasteiger partial charge on any atom is -0.398 e. The number of carbonyl (C=O) groups is 1. The third kappa shape index (κ3) is 3.30. The molecule has 0 heterocycles. The maximum atomic E-state index is 11.9. The number of nitrogens with one attached hydrogen (secondary N) is 2. The Bertz CT molecular complexity index is 617. The van der Waals surface area contributed by atoms with Gasteiger partial charge in [-0.3, -0.25) is 15.6 Å². The summed E-state index contributed by atoms with van der Waals surface area (Å²) >= 11 is 11.7. The van der Waals surface area contributed by atoms with Crippen LogP contribution in [-0.2, 0) is 0 Å². The van der Waals surface area contributed by atoms with Gasteiger partial charge in [-0.2, -0.15) is 0 Å². The first-order valence-corrected chi connectivity index (χ1v) is 6.19. The van der Waals surface area contributed by atoms with Crippen molar-refractivity contribution in [1.82, 2.24) is 5.43 Å². The monoisotopic (exact) mass is 295 g/mol. The average Bonchev–Trinajstić information content (AvgIpc) is 2.38. The Balaban J connectivity index is 2.07. The number of para-hydroxylation sites is 1. The van der Waals surface area contributed by atoms with E-state index in [2.05, 4.69) is 10.9 Å². The van der Waals surface area contributed by atoms with E-state index in [0.717, 1.165) is 0 Å². The van der Waals surface area contributed by atoms with E-state index in [1.807, 2.05) is 0 Å². The molecule has 0 aliphatic rings. The summed E-state index contributed by atoms with van der Waals surface area (Å²) in [5.41, 5.74) is 12.3. The van der Waals surface area contributed by atoms with Gasteiger partial charge >= 0.3 is 0 Å². The number of carbonyl (C=O) groups excluding carboxylic acids is 1. The lowest BCUT2D eigenvalue weighted by molar-refractivity contribution is 0.0963. The number of hydrogen-bond donors (Lipinski definition) is 3. The molecule has 1 amide bonds. The lowest BCUT2D eigenvalue weighted by atomic mass is 10.2. The van der Waals surface area contributed by atoms with Gasteiger partial charge in [0.2, 0.25) is 0 Å². The normalized spacial score (nSPS) is 10.0. The molecule has 0 aliphatic heterocycles. The summed E-state index contributed by atoms with van der Waals surface area (Å²) in [6.07, 6.45) is 0. The van der Waals surface area contributed by atoms with Crippen molar-refractivity contribution in [2.45, 2.75) is 0 Å². The Morgan fingerprint density at radius 1 is 1.11 bits per heavy atom. The van der Waals surface area contributed by atoms with E-state index in [0.29, 0.717) is 27.0 Å². The van der Waals surface area contributed by atoms with Crippen molar-refractivity contribution in [2.75, 3.05) is 11.2 Å². The molecular formula is C13H11Cl2N3O. The van der Waals surface area contributed by atoms with Gasteiger partial charge in [0.05, 0.1) is 16.3 Å². The minimum atomic E-state index is -0.343. The number of hydrazine groups is 1. The molecule has 0 aliphatic carbocycles. The third-order valence-corrected chi connectivity index (χ3v) is 3.00. The van der Waals surface area contributed by atoms with Crippen molar-refractivity contribution in [1.29, 1.82) is 0 Å². The van der Waals surface area contributed by atoms with Gasteiger partial charge in [-0.15, -0.1) is 0 Å². The van der Waals surface area contributed by atoms with Gasteiger partial charge < -0.3 is 5.73 Å². The number of hydrogen-bond acceptors (Lipinski definition) is 3. The predicted octanol–water partition coefficient (Wildman–Crippen LogP) is 3.33. The van der Waals surface area contributed by atoms with Crippen molar-refractivity contribution in [3.63, 3.8) is 0 Å². The fourth-order valence-electron chi connectivity index (χ4n) is 1.49. The highest BCUT2D eigenvalue weighted by Crippen LogP contribution is 2.24. The van der Waals surface area contributed by atoms with Crippen molar-refractivity contribution >= 4 is 40.5 Å². The molecule has 0 aromatic heterocycles. The van der Waals surface area contributed by atoms with E-state index >= 15 is 0 Å². The third-order valence-electron chi connectivity index (χ3n) is 2.45. The highest BCUT2D eigenvalue weighted by atomic mass is 35.5. The van der Waals surface area contributed by atoms with Crippen LogP contribution < -0.4 is 16.6 Å². The maximum absolute atomic E-state index is 11.9. The lowest BCUT2D eigenvalue weighted by Gasteiger charge is -2.11. The van der Waals surface area contributed by atoms with Gasteiger partial charge in [0.1, 0.15) is 0 Å². The number of rotatable bonds is 3. The Kier molecular flexibility index (Phi) is 4.14. The van der Waals surface area contributed by atoms with Crippen molar-refractivity contribution in [3.05, 3.63) is 58.1 Å². The van der Waals surface area contributed by atoms with Gasteiger partial charge in [-0.1, -0.05) is 35.3 Å². The van der Waals surface area contributed by atoms with Gasteiger partial charge in [-0.25, -0.2) is 0 Å². The molecule has 2 aromatic rings. The van der Waals surface area contributed by atoms with Crippen LogP contribution in [0.4, 0.5) is 11.4 Å². The largest absolute Gasteiger partial charge is 0.398 e. The zero-order valence-electron chi connectivity index (χ0n) is 9.78. The molecular weight excluding hydrogens is 285 g/mol. The SMILES string of the molecule is Nc1ccccc1C(=O)NNc1ccc(Cl)cc1Cl. The van der Waals surface area contributed by atoms with Crippen LogP contribution >= 0.6 is 23.2 Å².